The van der Waals surface area contributed by atoms with Crippen LogP contribution in [0.15, 0.2) is 24.3 Å². The molecule has 2 N–H and O–H groups in total. The van der Waals surface area contributed by atoms with Crippen LogP contribution in [0.3, 0.4) is 0 Å². The van der Waals surface area contributed by atoms with Crippen LogP contribution in [0.1, 0.15) is 13.0 Å². The third-order valence-electron chi connectivity index (χ3n) is 2.60. The van der Waals surface area contributed by atoms with Crippen molar-refractivity contribution in [2.45, 2.75) is 13.0 Å². The van der Waals surface area contributed by atoms with Gasteiger partial charge in [0.15, 0.2) is 5.82 Å². The zero-order valence-electron chi connectivity index (χ0n) is 10.7. The number of sulfone groups is 1. The molecule has 0 aliphatic carbocycles. The Morgan fingerprint density at radius 3 is 2.79 bits per heavy atom. The number of hydrogen-bond donors (Lipinski definition) is 1. The van der Waals surface area contributed by atoms with Crippen molar-refractivity contribution in [3.05, 3.63) is 24.3 Å². The molecule has 0 aliphatic heterocycles. The van der Waals surface area contributed by atoms with Crippen molar-refractivity contribution in [1.82, 2.24) is 20.2 Å². The van der Waals surface area contributed by atoms with Crippen LogP contribution in [0.5, 0.6) is 0 Å². The molecular weight excluding hydrogens is 266 g/mol. The quantitative estimate of drug-likeness (QED) is 0.820. The maximum atomic E-state index is 11.3. The topological polar surface area (TPSA) is 104 Å². The average Bonchev–Trinajstić information content (AvgIpc) is 2.75. The molecule has 1 atom stereocenters. The highest BCUT2D eigenvalue weighted by atomic mass is 32.2. The lowest BCUT2D eigenvalue weighted by molar-refractivity contribution is 0.509. The van der Waals surface area contributed by atoms with Gasteiger partial charge in [0.1, 0.15) is 9.84 Å². The highest BCUT2D eigenvalue weighted by molar-refractivity contribution is 7.90. The Labute approximate surface area is 111 Å². The second kappa shape index (κ2) is 4.96. The van der Waals surface area contributed by atoms with Crippen LogP contribution in [0.25, 0.3) is 11.4 Å². The molecule has 0 saturated heterocycles. The molecule has 19 heavy (non-hydrogen) atoms. The van der Waals surface area contributed by atoms with Gasteiger partial charge in [0.25, 0.3) is 0 Å². The van der Waals surface area contributed by atoms with Gasteiger partial charge in [-0.1, -0.05) is 12.1 Å². The molecule has 102 valence electrons. The summed E-state index contributed by atoms with van der Waals surface area (Å²) < 4.78 is 24.2. The second-order valence-corrected chi connectivity index (χ2v) is 6.70. The van der Waals surface area contributed by atoms with Gasteiger partial charge in [-0.3, -0.25) is 0 Å². The maximum Gasteiger partial charge on any atom is 0.182 e. The molecule has 0 saturated carbocycles. The summed E-state index contributed by atoms with van der Waals surface area (Å²) in [7, 11) is -3.10. The Bertz CT molecular complexity index is 680. The maximum absolute atomic E-state index is 11.3. The van der Waals surface area contributed by atoms with Gasteiger partial charge in [0, 0.05) is 17.5 Å². The predicted octanol–water partition coefficient (Wildman–Crippen LogP) is 0.528. The van der Waals surface area contributed by atoms with Crippen LogP contribution in [0.2, 0.25) is 0 Å². The fourth-order valence-corrected chi connectivity index (χ4v) is 2.88. The lowest BCUT2D eigenvalue weighted by Gasteiger charge is -2.12. The molecule has 8 heteroatoms. The minimum Gasteiger partial charge on any atom is -0.399 e. The van der Waals surface area contributed by atoms with E-state index in [-0.39, 0.29) is 11.8 Å². The van der Waals surface area contributed by atoms with Crippen molar-refractivity contribution in [1.29, 1.82) is 0 Å². The molecule has 0 bridgehead atoms. The average molecular weight is 281 g/mol. The molecule has 1 aromatic heterocycles. The monoisotopic (exact) mass is 281 g/mol. The lowest BCUT2D eigenvalue weighted by Crippen LogP contribution is -2.18. The van der Waals surface area contributed by atoms with Gasteiger partial charge < -0.3 is 5.73 Å². The first-order valence-electron chi connectivity index (χ1n) is 5.68. The smallest absolute Gasteiger partial charge is 0.182 e. The Balaban J connectivity index is 2.37. The molecule has 2 aromatic rings. The molecule has 7 nitrogen and oxygen atoms in total. The fraction of sp³-hybridized carbons (Fsp3) is 0.364. The van der Waals surface area contributed by atoms with Gasteiger partial charge in [0.2, 0.25) is 0 Å². The van der Waals surface area contributed by atoms with Crippen LogP contribution < -0.4 is 5.73 Å². The van der Waals surface area contributed by atoms with Crippen molar-refractivity contribution in [3.63, 3.8) is 0 Å². The van der Waals surface area contributed by atoms with E-state index in [1.54, 1.807) is 25.1 Å². The van der Waals surface area contributed by atoms with E-state index in [1.165, 1.54) is 10.9 Å². The molecule has 0 fully saturated rings. The zero-order valence-corrected chi connectivity index (χ0v) is 11.5. The minimum atomic E-state index is -3.10. The molecule has 2 rings (SSSR count). The van der Waals surface area contributed by atoms with Gasteiger partial charge in [-0.05, 0) is 29.5 Å². The zero-order chi connectivity index (χ0) is 14.0. The highest BCUT2D eigenvalue weighted by Crippen LogP contribution is 2.21. The first-order chi connectivity index (χ1) is 8.87. The summed E-state index contributed by atoms with van der Waals surface area (Å²) in [6.07, 6.45) is 1.19. The summed E-state index contributed by atoms with van der Waals surface area (Å²) in [5, 5.41) is 11.4. The number of benzene rings is 1. The van der Waals surface area contributed by atoms with E-state index in [2.05, 4.69) is 15.5 Å². The van der Waals surface area contributed by atoms with E-state index in [0.29, 0.717) is 11.5 Å². The summed E-state index contributed by atoms with van der Waals surface area (Å²) >= 11 is 0. The predicted molar refractivity (Wildman–Crippen MR) is 72.1 cm³/mol. The van der Waals surface area contributed by atoms with Crippen molar-refractivity contribution in [2.24, 2.45) is 0 Å². The lowest BCUT2D eigenvalue weighted by atomic mass is 10.2. The van der Waals surface area contributed by atoms with Crippen molar-refractivity contribution in [3.8, 4) is 11.4 Å². The molecule has 0 radical (unpaired) electrons. The Morgan fingerprint density at radius 1 is 1.42 bits per heavy atom. The molecule has 0 amide bonds. The number of nitrogens with zero attached hydrogens (tertiary/aromatic N) is 4. The summed E-state index contributed by atoms with van der Waals surface area (Å²) in [6, 6.07) is 6.78. The fourth-order valence-electron chi connectivity index (χ4n) is 1.87. The SMILES string of the molecule is CC(CS(C)(=O)=O)n1nnnc1-c1cccc(N)c1. The molecule has 0 aliphatic rings. The molecule has 1 heterocycles. The first kappa shape index (κ1) is 13.5. The highest BCUT2D eigenvalue weighted by Gasteiger charge is 2.18. The van der Waals surface area contributed by atoms with Gasteiger partial charge in [0.05, 0.1) is 11.8 Å². The van der Waals surface area contributed by atoms with Crippen molar-refractivity contribution < 1.29 is 8.42 Å². The van der Waals surface area contributed by atoms with Crippen LogP contribution in [0.4, 0.5) is 5.69 Å². The van der Waals surface area contributed by atoms with E-state index >= 15 is 0 Å². The number of tetrazole rings is 1. The van der Waals surface area contributed by atoms with Gasteiger partial charge >= 0.3 is 0 Å². The third kappa shape index (κ3) is 3.28. The van der Waals surface area contributed by atoms with Gasteiger partial charge in [-0.2, -0.15) is 0 Å². The summed E-state index contributed by atoms with van der Waals surface area (Å²) in [5.74, 6) is 0.483. The largest absolute Gasteiger partial charge is 0.399 e. The third-order valence-corrected chi connectivity index (χ3v) is 3.69. The Kier molecular flexibility index (Phi) is 3.52. The van der Waals surface area contributed by atoms with Crippen LogP contribution >= 0.6 is 0 Å². The van der Waals surface area contributed by atoms with Crippen molar-refractivity contribution in [2.75, 3.05) is 17.7 Å². The molecule has 1 unspecified atom stereocenters. The first-order valence-corrected chi connectivity index (χ1v) is 7.74. The standard InChI is InChI=1S/C11H15N5O2S/c1-8(7-19(2,17)18)16-11(13-14-15-16)9-4-3-5-10(12)6-9/h3-6,8H,7,12H2,1-2H3. The van der Waals surface area contributed by atoms with Gasteiger partial charge in [-0.25, -0.2) is 13.1 Å². The van der Waals surface area contributed by atoms with Crippen molar-refractivity contribution >= 4 is 15.5 Å². The van der Waals surface area contributed by atoms with E-state index in [4.69, 9.17) is 5.73 Å². The molecular formula is C11H15N5O2S. The Morgan fingerprint density at radius 2 is 2.16 bits per heavy atom. The van der Waals surface area contributed by atoms with Crippen LogP contribution in [0, 0.1) is 0 Å². The minimum absolute atomic E-state index is 0.0205. The summed E-state index contributed by atoms with van der Waals surface area (Å²) in [4.78, 5) is 0. The summed E-state index contributed by atoms with van der Waals surface area (Å²) in [6.45, 7) is 1.76. The van der Waals surface area contributed by atoms with Crippen LogP contribution in [-0.4, -0.2) is 40.6 Å². The molecule has 1 aromatic carbocycles. The van der Waals surface area contributed by atoms with Gasteiger partial charge in [-0.15, -0.1) is 5.10 Å². The second-order valence-electron chi connectivity index (χ2n) is 4.51. The number of rotatable bonds is 4. The van der Waals surface area contributed by atoms with E-state index in [1.807, 2.05) is 6.07 Å². The number of nitrogen functional groups attached to an aromatic ring is 1. The normalized spacial score (nSPS) is 13.4. The Hall–Kier alpha value is -1.96. The number of anilines is 1. The van der Waals surface area contributed by atoms with E-state index < -0.39 is 9.84 Å². The number of nitrogens with two attached hydrogens (primary N) is 1. The van der Waals surface area contributed by atoms with E-state index in [0.717, 1.165) is 5.56 Å². The number of hydrogen-bond acceptors (Lipinski definition) is 6. The van der Waals surface area contributed by atoms with Crippen LogP contribution in [-0.2, 0) is 9.84 Å². The summed E-state index contributed by atoms with van der Waals surface area (Å²) in [5.41, 5.74) is 7.07. The molecule has 0 spiro atoms. The number of aromatic nitrogens is 4. The van der Waals surface area contributed by atoms with E-state index in [9.17, 15) is 8.42 Å².